The molecule has 0 saturated carbocycles. The van der Waals surface area contributed by atoms with Crippen molar-refractivity contribution < 1.29 is 23.2 Å². The van der Waals surface area contributed by atoms with E-state index in [0.717, 1.165) is 22.1 Å². The highest BCUT2D eigenvalue weighted by Crippen LogP contribution is 2.32. The van der Waals surface area contributed by atoms with E-state index in [0.29, 0.717) is 28.1 Å². The third-order valence-corrected chi connectivity index (χ3v) is 5.58. The molecule has 0 bridgehead atoms. The number of rotatable bonds is 6. The normalized spacial score (nSPS) is 11.0. The molecule has 170 valence electrons. The summed E-state index contributed by atoms with van der Waals surface area (Å²) in [4.78, 5) is 26.1. The van der Waals surface area contributed by atoms with Crippen molar-refractivity contribution in [3.8, 4) is 5.75 Å². The zero-order valence-electron chi connectivity index (χ0n) is 18.7. The Kier molecular flexibility index (Phi) is 5.51. The summed E-state index contributed by atoms with van der Waals surface area (Å²) in [5.74, 6) is -0.0520. The van der Waals surface area contributed by atoms with Gasteiger partial charge >= 0.3 is 0 Å². The lowest BCUT2D eigenvalue weighted by Gasteiger charge is -2.08. The minimum Gasteiger partial charge on any atom is -0.497 e. The molecule has 0 unspecified atom stereocenters. The molecule has 2 amide bonds. The molecule has 0 aliphatic heterocycles. The Morgan fingerprint density at radius 2 is 1.71 bits per heavy atom. The average molecular weight is 454 g/mol. The van der Waals surface area contributed by atoms with E-state index in [9.17, 15) is 9.59 Å². The summed E-state index contributed by atoms with van der Waals surface area (Å²) in [5.41, 5.74) is 3.98. The molecule has 5 rings (SSSR count). The molecule has 0 aliphatic carbocycles. The number of carbonyl (C=O) groups excluding carboxylic acids is 2. The first kappa shape index (κ1) is 21.3. The van der Waals surface area contributed by atoms with Crippen LogP contribution in [-0.4, -0.2) is 18.9 Å². The second-order valence-corrected chi connectivity index (χ2v) is 7.97. The molecule has 2 aromatic heterocycles. The Morgan fingerprint density at radius 1 is 0.912 bits per heavy atom. The number of hydrogen-bond acceptors (Lipinski definition) is 5. The third kappa shape index (κ3) is 4.11. The van der Waals surface area contributed by atoms with Crippen LogP contribution in [0.15, 0.2) is 81.8 Å². The molecule has 0 radical (unpaired) electrons. The lowest BCUT2D eigenvalue weighted by atomic mass is 10.1. The van der Waals surface area contributed by atoms with Crippen molar-refractivity contribution in [1.29, 1.82) is 0 Å². The number of hydrogen-bond donors (Lipinski definition) is 2. The van der Waals surface area contributed by atoms with Crippen molar-refractivity contribution in [2.24, 2.45) is 0 Å². The van der Waals surface area contributed by atoms with Crippen LogP contribution in [0.4, 0.5) is 11.4 Å². The molecular weight excluding hydrogens is 432 g/mol. The van der Waals surface area contributed by atoms with Crippen LogP contribution in [0.2, 0.25) is 0 Å². The zero-order valence-corrected chi connectivity index (χ0v) is 18.7. The molecule has 7 heteroatoms. The Labute approximate surface area is 195 Å². The van der Waals surface area contributed by atoms with E-state index in [1.54, 1.807) is 49.8 Å². The van der Waals surface area contributed by atoms with Gasteiger partial charge in [-0.2, -0.15) is 0 Å². The maximum Gasteiger partial charge on any atom is 0.293 e. The minimum absolute atomic E-state index is 0.0260. The number of benzene rings is 3. The van der Waals surface area contributed by atoms with Crippen LogP contribution in [0.3, 0.4) is 0 Å². The summed E-state index contributed by atoms with van der Waals surface area (Å²) >= 11 is 0. The quantitative estimate of drug-likeness (QED) is 0.332. The third-order valence-electron chi connectivity index (χ3n) is 5.58. The first-order chi connectivity index (χ1) is 16.5. The maximum atomic E-state index is 13.1. The Hall–Kier alpha value is -4.52. The average Bonchev–Trinajstić information content (AvgIpc) is 3.40. The molecule has 2 N–H and O–H groups in total. The largest absolute Gasteiger partial charge is 0.497 e. The van der Waals surface area contributed by atoms with E-state index < -0.39 is 5.91 Å². The summed E-state index contributed by atoms with van der Waals surface area (Å²) in [6.07, 6.45) is 1.68. The predicted octanol–water partition coefficient (Wildman–Crippen LogP) is 5.93. The van der Waals surface area contributed by atoms with Gasteiger partial charge in [-0.25, -0.2) is 0 Å². The first-order valence-electron chi connectivity index (χ1n) is 10.8. The van der Waals surface area contributed by atoms with Gasteiger partial charge in [0.05, 0.1) is 19.8 Å². The molecule has 0 aliphatic rings. The lowest BCUT2D eigenvalue weighted by Crippen LogP contribution is -2.18. The second kappa shape index (κ2) is 8.78. The number of ether oxygens (including phenoxy) is 1. The highest BCUT2D eigenvalue weighted by atomic mass is 16.5. The van der Waals surface area contributed by atoms with E-state index in [2.05, 4.69) is 10.6 Å². The lowest BCUT2D eigenvalue weighted by molar-refractivity contribution is -0.115. The molecule has 5 aromatic rings. The van der Waals surface area contributed by atoms with Crippen LogP contribution in [0, 0.1) is 6.92 Å². The fraction of sp³-hybridized carbons (Fsp3) is 0.111. The van der Waals surface area contributed by atoms with Crippen LogP contribution in [0.5, 0.6) is 5.75 Å². The van der Waals surface area contributed by atoms with Gasteiger partial charge in [0, 0.05) is 22.0 Å². The number of amides is 2. The summed E-state index contributed by atoms with van der Waals surface area (Å²) in [7, 11) is 1.57. The SMILES string of the molecule is COc1ccc(NC(=O)c2oc3ccccc3c2NC(=O)Cc2coc3cc(C)ccc23)cc1. The van der Waals surface area contributed by atoms with Crippen LogP contribution in [0.1, 0.15) is 21.7 Å². The number of aryl methyl sites for hydroxylation is 1. The molecule has 0 atom stereocenters. The van der Waals surface area contributed by atoms with Crippen molar-refractivity contribution in [2.75, 3.05) is 17.7 Å². The van der Waals surface area contributed by atoms with E-state index in [1.807, 2.05) is 37.3 Å². The Morgan fingerprint density at radius 3 is 2.50 bits per heavy atom. The summed E-state index contributed by atoms with van der Waals surface area (Å²) in [6.45, 7) is 1.98. The van der Waals surface area contributed by atoms with E-state index >= 15 is 0 Å². The van der Waals surface area contributed by atoms with Crippen molar-refractivity contribution >= 4 is 45.1 Å². The summed E-state index contributed by atoms with van der Waals surface area (Å²) in [6, 6.07) is 20.0. The van der Waals surface area contributed by atoms with Crippen LogP contribution >= 0.6 is 0 Å². The molecular formula is C27H22N2O5. The molecule has 34 heavy (non-hydrogen) atoms. The van der Waals surface area contributed by atoms with Gasteiger partial charge in [0.2, 0.25) is 11.7 Å². The van der Waals surface area contributed by atoms with E-state index in [-0.39, 0.29) is 18.1 Å². The van der Waals surface area contributed by atoms with Crippen molar-refractivity contribution in [3.05, 3.63) is 89.9 Å². The van der Waals surface area contributed by atoms with Crippen LogP contribution < -0.4 is 15.4 Å². The number of nitrogens with one attached hydrogen (secondary N) is 2. The smallest absolute Gasteiger partial charge is 0.293 e. The number of anilines is 2. The number of para-hydroxylation sites is 1. The van der Waals surface area contributed by atoms with Gasteiger partial charge in [-0.15, -0.1) is 0 Å². The predicted molar refractivity (Wildman–Crippen MR) is 130 cm³/mol. The number of carbonyl (C=O) groups is 2. The fourth-order valence-electron chi connectivity index (χ4n) is 3.88. The molecule has 0 spiro atoms. The first-order valence-corrected chi connectivity index (χ1v) is 10.8. The van der Waals surface area contributed by atoms with Gasteiger partial charge in [-0.3, -0.25) is 9.59 Å². The standard InChI is InChI=1S/C27H22N2O5/c1-16-7-12-20-17(15-33-23(20)13-16)14-24(30)29-25-21-5-3-4-6-22(21)34-26(25)27(31)28-18-8-10-19(32-2)11-9-18/h3-13,15H,14H2,1-2H3,(H,28,31)(H,29,30). The number of methoxy groups -OCH3 is 1. The summed E-state index contributed by atoms with van der Waals surface area (Å²) in [5, 5.41) is 7.21. The number of fused-ring (bicyclic) bond motifs is 2. The van der Waals surface area contributed by atoms with Crippen molar-refractivity contribution in [1.82, 2.24) is 0 Å². The van der Waals surface area contributed by atoms with Crippen LogP contribution in [0.25, 0.3) is 21.9 Å². The Bertz CT molecular complexity index is 1510. The van der Waals surface area contributed by atoms with Crippen molar-refractivity contribution in [2.45, 2.75) is 13.3 Å². The molecule has 0 fully saturated rings. The minimum atomic E-state index is -0.471. The van der Waals surface area contributed by atoms with Gasteiger partial charge in [0.15, 0.2) is 0 Å². The number of furan rings is 2. The highest BCUT2D eigenvalue weighted by molar-refractivity contribution is 6.14. The van der Waals surface area contributed by atoms with E-state index in [1.165, 1.54) is 0 Å². The molecule has 0 saturated heterocycles. The molecule has 2 heterocycles. The summed E-state index contributed by atoms with van der Waals surface area (Å²) < 4.78 is 16.6. The van der Waals surface area contributed by atoms with Gasteiger partial charge < -0.3 is 24.2 Å². The highest BCUT2D eigenvalue weighted by Gasteiger charge is 2.23. The van der Waals surface area contributed by atoms with Gasteiger partial charge in [-0.1, -0.05) is 24.3 Å². The zero-order chi connectivity index (χ0) is 23.7. The van der Waals surface area contributed by atoms with Gasteiger partial charge in [0.1, 0.15) is 22.6 Å². The second-order valence-electron chi connectivity index (χ2n) is 7.97. The van der Waals surface area contributed by atoms with Crippen molar-refractivity contribution in [3.63, 3.8) is 0 Å². The van der Waals surface area contributed by atoms with E-state index in [4.69, 9.17) is 13.6 Å². The van der Waals surface area contributed by atoms with Gasteiger partial charge in [-0.05, 0) is 55.0 Å². The Balaban J connectivity index is 1.42. The fourth-order valence-corrected chi connectivity index (χ4v) is 3.88. The monoisotopic (exact) mass is 454 g/mol. The topological polar surface area (TPSA) is 93.7 Å². The molecule has 3 aromatic carbocycles. The van der Waals surface area contributed by atoms with Gasteiger partial charge in [0.25, 0.3) is 5.91 Å². The van der Waals surface area contributed by atoms with Crippen LogP contribution in [-0.2, 0) is 11.2 Å². The molecule has 7 nitrogen and oxygen atoms in total. The maximum absolute atomic E-state index is 13.1.